The number of halogens is 1. The summed E-state index contributed by atoms with van der Waals surface area (Å²) in [5.74, 6) is 0. The lowest BCUT2D eigenvalue weighted by molar-refractivity contribution is 0.00711. The van der Waals surface area contributed by atoms with Gasteiger partial charge in [0.2, 0.25) is 0 Å². The third-order valence-electron chi connectivity index (χ3n) is 5.61. The number of hydrogen-bond acceptors (Lipinski definition) is 5. The van der Waals surface area contributed by atoms with E-state index >= 15 is 0 Å². The van der Waals surface area contributed by atoms with Crippen molar-refractivity contribution in [1.29, 1.82) is 0 Å². The van der Waals surface area contributed by atoms with E-state index in [1.807, 2.05) is 47.6 Å². The predicted octanol–water partition coefficient (Wildman–Crippen LogP) is 4.40. The summed E-state index contributed by atoms with van der Waals surface area (Å²) in [6.45, 7) is 12.7. The second-order valence-electron chi connectivity index (χ2n) is 10.1. The smallest absolute Gasteiger partial charge is 0.410 e. The summed E-state index contributed by atoms with van der Waals surface area (Å²) in [6.07, 6.45) is 3.78. The zero-order valence-corrected chi connectivity index (χ0v) is 19.7. The molecule has 6 nitrogen and oxygen atoms in total. The van der Waals surface area contributed by atoms with Gasteiger partial charge in [0.05, 0.1) is 11.1 Å². The predicted molar refractivity (Wildman–Crippen MR) is 116 cm³/mol. The first-order valence-electron chi connectivity index (χ1n) is 10.1. The lowest BCUT2D eigenvalue weighted by Gasteiger charge is -2.43. The molecule has 1 aliphatic carbocycles. The number of ether oxygens (including phenoxy) is 1. The van der Waals surface area contributed by atoms with Gasteiger partial charge >= 0.3 is 6.09 Å². The second kappa shape index (κ2) is 7.91. The Morgan fingerprint density at radius 1 is 1.31 bits per heavy atom. The minimum Gasteiger partial charge on any atom is -0.598 e. The van der Waals surface area contributed by atoms with Crippen LogP contribution in [0.2, 0.25) is 5.02 Å². The summed E-state index contributed by atoms with van der Waals surface area (Å²) >= 11 is 5.01. The van der Waals surface area contributed by atoms with Crippen LogP contribution in [0.25, 0.3) is 0 Å². The molecule has 29 heavy (non-hydrogen) atoms. The number of aromatic nitrogens is 1. The summed E-state index contributed by atoms with van der Waals surface area (Å²) in [4.78, 5) is 18.8. The normalized spacial score (nSPS) is 22.5. The molecule has 1 aliphatic heterocycles. The number of piperidine rings is 1. The number of carbonyl (C=O) groups excluding carboxylic acids is 1. The lowest BCUT2D eigenvalue weighted by Crippen LogP contribution is -2.51. The number of nitrogens with zero attached hydrogens (tertiary/aromatic N) is 2. The van der Waals surface area contributed by atoms with Crippen molar-refractivity contribution in [2.24, 2.45) is 5.41 Å². The molecule has 2 unspecified atom stereocenters. The van der Waals surface area contributed by atoms with E-state index in [1.165, 1.54) is 0 Å². The highest BCUT2D eigenvalue weighted by molar-refractivity contribution is 7.90. The fourth-order valence-electron chi connectivity index (χ4n) is 4.05. The van der Waals surface area contributed by atoms with Gasteiger partial charge in [0, 0.05) is 41.8 Å². The van der Waals surface area contributed by atoms with Crippen LogP contribution >= 0.6 is 11.6 Å². The number of hydrogen-bond donors (Lipinski definition) is 1. The molecule has 2 heterocycles. The fraction of sp³-hybridized carbons (Fsp3) is 0.714. The molecule has 0 radical (unpaired) electrons. The van der Waals surface area contributed by atoms with E-state index < -0.39 is 17.0 Å². The Morgan fingerprint density at radius 3 is 2.48 bits per heavy atom. The molecule has 0 aromatic carbocycles. The van der Waals surface area contributed by atoms with E-state index in [1.54, 1.807) is 11.1 Å². The SMILES string of the molecule is CC(C)(C)OC(=O)N1CCC2(CC1)Cc1ncc(Cl)cc1C2N[S+]([O-])C(C)(C)C. The number of likely N-dealkylation sites (tertiary alicyclic amines) is 1. The third-order valence-corrected chi connectivity index (χ3v) is 7.37. The number of carbonyl (C=O) groups is 1. The van der Waals surface area contributed by atoms with Crippen molar-refractivity contribution >= 4 is 29.1 Å². The van der Waals surface area contributed by atoms with Crippen molar-refractivity contribution in [1.82, 2.24) is 14.6 Å². The molecular weight excluding hydrogens is 410 g/mol. The topological polar surface area (TPSA) is 77.5 Å². The molecule has 0 bridgehead atoms. The van der Waals surface area contributed by atoms with E-state index in [4.69, 9.17) is 16.3 Å². The van der Waals surface area contributed by atoms with E-state index in [0.29, 0.717) is 18.1 Å². The van der Waals surface area contributed by atoms with Crippen molar-refractivity contribution in [2.45, 2.75) is 77.2 Å². The van der Waals surface area contributed by atoms with Crippen LogP contribution in [-0.4, -0.2) is 44.0 Å². The van der Waals surface area contributed by atoms with Crippen molar-refractivity contribution in [2.75, 3.05) is 13.1 Å². The van der Waals surface area contributed by atoms with Gasteiger partial charge in [0.15, 0.2) is 0 Å². The number of fused-ring (bicyclic) bond motifs is 1. The van der Waals surface area contributed by atoms with Gasteiger partial charge in [-0.1, -0.05) is 11.6 Å². The first kappa shape index (κ1) is 22.7. The fourth-order valence-corrected chi connectivity index (χ4v) is 5.16. The molecule has 8 heteroatoms. The number of rotatable bonds is 2. The number of pyridine rings is 1. The summed E-state index contributed by atoms with van der Waals surface area (Å²) < 4.78 is 21.5. The highest BCUT2D eigenvalue weighted by atomic mass is 35.5. The van der Waals surface area contributed by atoms with Gasteiger partial charge < -0.3 is 14.2 Å². The maximum Gasteiger partial charge on any atom is 0.410 e. The second-order valence-corrected chi connectivity index (χ2v) is 12.6. The van der Waals surface area contributed by atoms with Gasteiger partial charge in [-0.05, 0) is 72.4 Å². The Labute approximate surface area is 182 Å². The molecule has 1 fully saturated rings. The van der Waals surface area contributed by atoms with Crippen LogP contribution in [0.1, 0.15) is 71.7 Å². The molecule has 2 aliphatic rings. The van der Waals surface area contributed by atoms with Crippen LogP contribution in [-0.2, 0) is 22.5 Å². The van der Waals surface area contributed by atoms with Crippen LogP contribution in [0.4, 0.5) is 4.79 Å². The highest BCUT2D eigenvalue weighted by Crippen LogP contribution is 2.52. The summed E-state index contributed by atoms with van der Waals surface area (Å²) in [5, 5.41) is 0.584. The first-order valence-corrected chi connectivity index (χ1v) is 11.6. The van der Waals surface area contributed by atoms with Gasteiger partial charge in [-0.15, -0.1) is 4.72 Å². The molecule has 1 aromatic rings. The third kappa shape index (κ3) is 5.01. The van der Waals surface area contributed by atoms with Crippen LogP contribution in [0.5, 0.6) is 0 Å². The van der Waals surface area contributed by atoms with Crippen LogP contribution in [0, 0.1) is 5.41 Å². The highest BCUT2D eigenvalue weighted by Gasteiger charge is 2.51. The molecule has 1 amide bonds. The largest absolute Gasteiger partial charge is 0.598 e. The Bertz CT molecular complexity index is 767. The van der Waals surface area contributed by atoms with Gasteiger partial charge in [-0.2, -0.15) is 0 Å². The van der Waals surface area contributed by atoms with Gasteiger partial charge in [-0.3, -0.25) is 4.98 Å². The number of amides is 1. The maximum absolute atomic E-state index is 12.9. The summed E-state index contributed by atoms with van der Waals surface area (Å²) in [6, 6.07) is 1.83. The monoisotopic (exact) mass is 441 g/mol. The average molecular weight is 442 g/mol. The zero-order valence-electron chi connectivity index (χ0n) is 18.2. The van der Waals surface area contributed by atoms with Gasteiger partial charge in [0.25, 0.3) is 0 Å². The number of nitrogens with one attached hydrogen (secondary N) is 1. The van der Waals surface area contributed by atoms with E-state index in [0.717, 1.165) is 30.5 Å². The molecule has 2 atom stereocenters. The van der Waals surface area contributed by atoms with Crippen LogP contribution in [0.3, 0.4) is 0 Å². The molecule has 0 saturated carbocycles. The standard InChI is InChI=1S/C21H32ClN3O3S/c1-19(2,3)28-18(26)25-9-7-21(8-10-25)12-16-15(11-14(22)13-23-16)17(21)24-29(27)20(4,5)6/h11,13,17,24H,7-10,12H2,1-6H3. The molecule has 3 rings (SSSR count). The first-order chi connectivity index (χ1) is 13.3. The van der Waals surface area contributed by atoms with Crippen LogP contribution in [0.15, 0.2) is 12.3 Å². The average Bonchev–Trinajstić information content (AvgIpc) is 2.86. The summed E-state index contributed by atoms with van der Waals surface area (Å²) in [7, 11) is 0. The molecule has 1 saturated heterocycles. The molecular formula is C21H32ClN3O3S. The van der Waals surface area contributed by atoms with Crippen molar-refractivity contribution in [3.8, 4) is 0 Å². The summed E-state index contributed by atoms with van der Waals surface area (Å²) in [5.41, 5.74) is 1.38. The van der Waals surface area contributed by atoms with Gasteiger partial charge in [0.1, 0.15) is 10.3 Å². The maximum atomic E-state index is 12.9. The Balaban J connectivity index is 1.81. The molecule has 162 valence electrons. The quantitative estimate of drug-likeness (QED) is 0.688. The minimum absolute atomic E-state index is 0.107. The Morgan fingerprint density at radius 2 is 1.93 bits per heavy atom. The molecule has 1 N–H and O–H groups in total. The Hall–Kier alpha value is -1.02. The van der Waals surface area contributed by atoms with E-state index in [9.17, 15) is 9.35 Å². The van der Waals surface area contributed by atoms with Crippen molar-refractivity contribution < 1.29 is 14.1 Å². The van der Waals surface area contributed by atoms with Crippen LogP contribution < -0.4 is 4.72 Å². The molecule has 1 spiro atoms. The van der Waals surface area contributed by atoms with E-state index in [-0.39, 0.29) is 22.3 Å². The minimum atomic E-state index is -1.23. The van der Waals surface area contributed by atoms with E-state index in [2.05, 4.69) is 9.71 Å². The molecule has 1 aromatic heterocycles. The Kier molecular flexibility index (Phi) is 6.18. The van der Waals surface area contributed by atoms with Crippen molar-refractivity contribution in [3.05, 3.63) is 28.5 Å². The van der Waals surface area contributed by atoms with Gasteiger partial charge in [-0.25, -0.2) is 4.79 Å². The van der Waals surface area contributed by atoms with Crippen molar-refractivity contribution in [3.63, 3.8) is 0 Å². The lowest BCUT2D eigenvalue weighted by atomic mass is 9.73. The zero-order chi connectivity index (χ0) is 21.6.